The molecular formula is C20H20FN3O. The summed E-state index contributed by atoms with van der Waals surface area (Å²) in [6.07, 6.45) is 3.88. The molecular weight excluding hydrogens is 317 g/mol. The number of hydrogen-bond donors (Lipinski definition) is 1. The SMILES string of the molecule is CC(c1ccccc1F)N(C)C(=O)Nc1cccc(-n2cccc2)c1. The van der Waals surface area contributed by atoms with Gasteiger partial charge in [-0.3, -0.25) is 0 Å². The lowest BCUT2D eigenvalue weighted by molar-refractivity contribution is 0.207. The third-order valence-electron chi connectivity index (χ3n) is 4.26. The molecule has 0 radical (unpaired) electrons. The number of anilines is 1. The van der Waals surface area contributed by atoms with E-state index in [1.807, 2.05) is 53.4 Å². The van der Waals surface area contributed by atoms with Crippen molar-refractivity contribution >= 4 is 11.7 Å². The fourth-order valence-electron chi connectivity index (χ4n) is 2.66. The third kappa shape index (κ3) is 3.71. The van der Waals surface area contributed by atoms with Crippen molar-refractivity contribution in [2.75, 3.05) is 12.4 Å². The van der Waals surface area contributed by atoms with Gasteiger partial charge in [0.25, 0.3) is 0 Å². The Morgan fingerprint density at radius 2 is 1.80 bits per heavy atom. The highest BCUT2D eigenvalue weighted by Gasteiger charge is 2.20. The molecule has 128 valence electrons. The molecule has 0 bridgehead atoms. The van der Waals surface area contributed by atoms with Gasteiger partial charge in [0.15, 0.2) is 0 Å². The predicted molar refractivity (Wildman–Crippen MR) is 97.4 cm³/mol. The van der Waals surface area contributed by atoms with Crippen LogP contribution in [0.1, 0.15) is 18.5 Å². The van der Waals surface area contributed by atoms with Crippen LogP contribution >= 0.6 is 0 Å². The first-order valence-electron chi connectivity index (χ1n) is 8.08. The molecule has 0 saturated heterocycles. The van der Waals surface area contributed by atoms with Gasteiger partial charge in [-0.15, -0.1) is 0 Å². The molecule has 1 N–H and O–H groups in total. The highest BCUT2D eigenvalue weighted by molar-refractivity contribution is 5.89. The molecule has 5 heteroatoms. The van der Waals surface area contributed by atoms with Crippen LogP contribution in [0.3, 0.4) is 0 Å². The molecule has 1 aromatic heterocycles. The molecule has 4 nitrogen and oxygen atoms in total. The van der Waals surface area contributed by atoms with E-state index in [1.165, 1.54) is 11.0 Å². The molecule has 0 fully saturated rings. The normalized spacial score (nSPS) is 11.8. The van der Waals surface area contributed by atoms with Crippen molar-refractivity contribution in [3.05, 3.63) is 84.4 Å². The smallest absolute Gasteiger partial charge is 0.322 e. The quantitative estimate of drug-likeness (QED) is 0.726. The summed E-state index contributed by atoms with van der Waals surface area (Å²) < 4.78 is 15.9. The molecule has 25 heavy (non-hydrogen) atoms. The molecule has 2 aromatic carbocycles. The van der Waals surface area contributed by atoms with Crippen LogP contribution in [0, 0.1) is 5.82 Å². The molecule has 0 aliphatic carbocycles. The van der Waals surface area contributed by atoms with E-state index in [0.29, 0.717) is 11.3 Å². The maximum atomic E-state index is 13.9. The average molecular weight is 337 g/mol. The minimum absolute atomic E-state index is 0.291. The van der Waals surface area contributed by atoms with E-state index < -0.39 is 0 Å². The molecule has 0 saturated carbocycles. The van der Waals surface area contributed by atoms with E-state index in [9.17, 15) is 9.18 Å². The lowest BCUT2D eigenvalue weighted by Crippen LogP contribution is -2.34. The van der Waals surface area contributed by atoms with Gasteiger partial charge < -0.3 is 14.8 Å². The van der Waals surface area contributed by atoms with Gasteiger partial charge in [-0.25, -0.2) is 9.18 Å². The standard InChI is InChI=1S/C20H20FN3O/c1-15(18-10-3-4-11-19(18)21)23(2)20(25)22-16-8-7-9-17(14-16)24-12-5-6-13-24/h3-15H,1-2H3,(H,22,25). The van der Waals surface area contributed by atoms with Gasteiger partial charge in [0.05, 0.1) is 6.04 Å². The summed E-state index contributed by atoms with van der Waals surface area (Å²) in [4.78, 5) is 14.0. The molecule has 2 amide bonds. The van der Waals surface area contributed by atoms with E-state index in [0.717, 1.165) is 5.69 Å². The zero-order chi connectivity index (χ0) is 17.8. The van der Waals surface area contributed by atoms with Gasteiger partial charge in [0.2, 0.25) is 0 Å². The van der Waals surface area contributed by atoms with Gasteiger partial charge in [-0.05, 0) is 43.3 Å². The number of carbonyl (C=O) groups excluding carboxylic acids is 1. The molecule has 0 spiro atoms. The second-order valence-electron chi connectivity index (χ2n) is 5.88. The first kappa shape index (κ1) is 16.8. The molecule has 3 rings (SSSR count). The summed E-state index contributed by atoms with van der Waals surface area (Å²) in [5.74, 6) is -0.316. The molecule has 1 atom stereocenters. The van der Waals surface area contributed by atoms with Crippen LogP contribution in [0.25, 0.3) is 5.69 Å². The number of nitrogens with zero attached hydrogens (tertiary/aromatic N) is 2. The number of benzene rings is 2. The lowest BCUT2D eigenvalue weighted by atomic mass is 10.1. The van der Waals surface area contributed by atoms with E-state index in [1.54, 1.807) is 32.2 Å². The van der Waals surface area contributed by atoms with Crippen LogP contribution in [0.15, 0.2) is 73.1 Å². The number of nitrogens with one attached hydrogen (secondary N) is 1. The fraction of sp³-hybridized carbons (Fsp3) is 0.150. The van der Waals surface area contributed by atoms with Gasteiger partial charge in [-0.2, -0.15) is 0 Å². The molecule has 0 aliphatic rings. The number of aromatic nitrogens is 1. The molecule has 3 aromatic rings. The Balaban J connectivity index is 1.74. The predicted octanol–water partition coefficient (Wildman–Crippen LogP) is 4.84. The fourth-order valence-corrected chi connectivity index (χ4v) is 2.66. The maximum Gasteiger partial charge on any atom is 0.322 e. The van der Waals surface area contributed by atoms with Crippen molar-refractivity contribution in [2.45, 2.75) is 13.0 Å². The van der Waals surface area contributed by atoms with Gasteiger partial charge in [-0.1, -0.05) is 24.3 Å². The summed E-state index contributed by atoms with van der Waals surface area (Å²) in [6.45, 7) is 1.80. The van der Waals surface area contributed by atoms with Crippen molar-refractivity contribution in [1.82, 2.24) is 9.47 Å². The first-order valence-corrected chi connectivity index (χ1v) is 8.08. The monoisotopic (exact) mass is 337 g/mol. The van der Waals surface area contributed by atoms with E-state index in [2.05, 4.69) is 5.32 Å². The van der Waals surface area contributed by atoms with Crippen LogP contribution in [0.2, 0.25) is 0 Å². The van der Waals surface area contributed by atoms with Crippen LogP contribution in [-0.2, 0) is 0 Å². The van der Waals surface area contributed by atoms with Crippen molar-refractivity contribution in [1.29, 1.82) is 0 Å². The van der Waals surface area contributed by atoms with Crippen molar-refractivity contribution in [3.63, 3.8) is 0 Å². The van der Waals surface area contributed by atoms with E-state index in [4.69, 9.17) is 0 Å². The summed E-state index contributed by atoms with van der Waals surface area (Å²) in [6, 6.07) is 17.3. The summed E-state index contributed by atoms with van der Waals surface area (Å²) >= 11 is 0. The highest BCUT2D eigenvalue weighted by atomic mass is 19.1. The molecule has 1 unspecified atom stereocenters. The number of carbonyl (C=O) groups is 1. The topological polar surface area (TPSA) is 37.3 Å². The van der Waals surface area contributed by atoms with Gasteiger partial charge in [0.1, 0.15) is 5.82 Å². The van der Waals surface area contributed by atoms with Crippen molar-refractivity contribution in [2.24, 2.45) is 0 Å². The number of urea groups is 1. The van der Waals surface area contributed by atoms with Gasteiger partial charge >= 0.3 is 6.03 Å². The Morgan fingerprint density at radius 1 is 1.08 bits per heavy atom. The second kappa shape index (κ2) is 7.21. The third-order valence-corrected chi connectivity index (χ3v) is 4.26. The largest absolute Gasteiger partial charge is 0.324 e. The van der Waals surface area contributed by atoms with Crippen LogP contribution in [-0.4, -0.2) is 22.5 Å². The zero-order valence-electron chi connectivity index (χ0n) is 14.2. The van der Waals surface area contributed by atoms with Crippen LogP contribution in [0.4, 0.5) is 14.9 Å². The summed E-state index contributed by atoms with van der Waals surface area (Å²) in [5.41, 5.74) is 2.12. The van der Waals surface area contributed by atoms with Crippen molar-refractivity contribution in [3.8, 4) is 5.69 Å². The Hall–Kier alpha value is -3.08. The maximum absolute atomic E-state index is 13.9. The number of rotatable bonds is 4. The Labute approximate surface area is 146 Å². The van der Waals surface area contributed by atoms with Gasteiger partial charge in [0, 0.05) is 36.4 Å². The summed E-state index contributed by atoms with van der Waals surface area (Å²) in [5, 5.41) is 2.87. The van der Waals surface area contributed by atoms with Crippen LogP contribution in [0.5, 0.6) is 0 Å². The van der Waals surface area contributed by atoms with Crippen molar-refractivity contribution < 1.29 is 9.18 Å². The summed E-state index contributed by atoms with van der Waals surface area (Å²) in [7, 11) is 1.65. The highest BCUT2D eigenvalue weighted by Crippen LogP contribution is 2.23. The van der Waals surface area contributed by atoms with E-state index >= 15 is 0 Å². The molecule has 1 heterocycles. The Morgan fingerprint density at radius 3 is 2.52 bits per heavy atom. The number of hydrogen-bond acceptors (Lipinski definition) is 1. The second-order valence-corrected chi connectivity index (χ2v) is 5.88. The minimum atomic E-state index is -0.381. The minimum Gasteiger partial charge on any atom is -0.324 e. The first-order chi connectivity index (χ1) is 12.1. The number of halogens is 1. The Bertz CT molecular complexity index is 861. The average Bonchev–Trinajstić information content (AvgIpc) is 3.16. The Kier molecular flexibility index (Phi) is 4.84. The molecule has 0 aliphatic heterocycles. The zero-order valence-corrected chi connectivity index (χ0v) is 14.2. The van der Waals surface area contributed by atoms with Crippen LogP contribution < -0.4 is 5.32 Å². The number of amides is 2. The van der Waals surface area contributed by atoms with E-state index in [-0.39, 0.29) is 17.9 Å². The lowest BCUT2D eigenvalue weighted by Gasteiger charge is -2.26.